The molecule has 0 unspecified atom stereocenters. The van der Waals surface area contributed by atoms with Crippen molar-refractivity contribution in [2.45, 2.75) is 19.8 Å². The Balaban J connectivity index is 1.86. The zero-order valence-electron chi connectivity index (χ0n) is 11.2. The Bertz CT molecular complexity index is 376. The molecule has 0 amide bonds. The monoisotopic (exact) mass is 250 g/mol. The van der Waals surface area contributed by atoms with Crippen molar-refractivity contribution in [2.24, 2.45) is 0 Å². The van der Waals surface area contributed by atoms with Crippen LogP contribution in [0.3, 0.4) is 0 Å². The number of nitrogens with one attached hydrogen (secondary N) is 1. The first-order chi connectivity index (χ1) is 8.81. The van der Waals surface area contributed by atoms with E-state index in [0.717, 1.165) is 30.2 Å². The molecule has 1 saturated heterocycles. The van der Waals surface area contributed by atoms with Crippen LogP contribution in [0.15, 0.2) is 18.2 Å². The minimum Gasteiger partial charge on any atom is -0.492 e. The van der Waals surface area contributed by atoms with Crippen LogP contribution in [0.1, 0.15) is 18.4 Å². The lowest BCUT2D eigenvalue weighted by atomic mass is 10.2. The molecule has 2 rings (SSSR count). The highest BCUT2D eigenvalue weighted by Crippen LogP contribution is 2.25. The molecule has 4 nitrogen and oxygen atoms in total. The number of nitrogens with zero attached hydrogens (tertiary/aromatic N) is 1. The van der Waals surface area contributed by atoms with Crippen LogP contribution in [-0.4, -0.2) is 38.3 Å². The molecule has 0 aliphatic carbocycles. The van der Waals surface area contributed by atoms with Gasteiger partial charge in [0.05, 0.1) is 12.8 Å². The van der Waals surface area contributed by atoms with Crippen LogP contribution < -0.4 is 10.2 Å². The maximum atomic E-state index is 5.85. The van der Waals surface area contributed by atoms with Gasteiger partial charge in [0.15, 0.2) is 0 Å². The summed E-state index contributed by atoms with van der Waals surface area (Å²) in [6, 6.07) is 5.95. The summed E-state index contributed by atoms with van der Waals surface area (Å²) in [5.74, 6) is 0.927. The maximum absolute atomic E-state index is 5.85. The van der Waals surface area contributed by atoms with Gasteiger partial charge in [-0.2, -0.15) is 0 Å². The Morgan fingerprint density at radius 3 is 2.78 bits per heavy atom. The molecule has 0 radical (unpaired) electrons. The standard InChI is InChI=1S/C14H22N2O2/c1-12-13(15-17-2)6-5-7-14(12)18-11-10-16-8-3-4-9-16/h5-7,15H,3-4,8-11H2,1-2H3. The molecule has 100 valence electrons. The maximum Gasteiger partial charge on any atom is 0.124 e. The van der Waals surface area contributed by atoms with Crippen LogP contribution in [0.5, 0.6) is 5.75 Å². The molecule has 0 atom stereocenters. The molecule has 0 spiro atoms. The third-order valence-electron chi connectivity index (χ3n) is 3.36. The topological polar surface area (TPSA) is 33.7 Å². The van der Waals surface area contributed by atoms with Crippen molar-refractivity contribution < 1.29 is 9.57 Å². The number of anilines is 1. The smallest absolute Gasteiger partial charge is 0.124 e. The first kappa shape index (κ1) is 13.2. The van der Waals surface area contributed by atoms with Gasteiger partial charge in [0.2, 0.25) is 0 Å². The Labute approximate surface area is 109 Å². The van der Waals surface area contributed by atoms with Gasteiger partial charge in [0.1, 0.15) is 12.4 Å². The zero-order chi connectivity index (χ0) is 12.8. The number of benzene rings is 1. The van der Waals surface area contributed by atoms with Gasteiger partial charge in [-0.3, -0.25) is 15.2 Å². The van der Waals surface area contributed by atoms with E-state index in [2.05, 4.69) is 10.4 Å². The number of hydrogen-bond donors (Lipinski definition) is 1. The summed E-state index contributed by atoms with van der Waals surface area (Å²) in [6.45, 7) is 6.23. The van der Waals surface area contributed by atoms with Crippen molar-refractivity contribution in [3.05, 3.63) is 23.8 Å². The lowest BCUT2D eigenvalue weighted by Gasteiger charge is -2.17. The van der Waals surface area contributed by atoms with Crippen molar-refractivity contribution in [1.29, 1.82) is 0 Å². The summed E-state index contributed by atoms with van der Waals surface area (Å²) in [5.41, 5.74) is 4.90. The molecule has 1 N–H and O–H groups in total. The summed E-state index contributed by atoms with van der Waals surface area (Å²) in [5, 5.41) is 0. The highest BCUT2D eigenvalue weighted by Gasteiger charge is 2.11. The molecule has 4 heteroatoms. The zero-order valence-corrected chi connectivity index (χ0v) is 11.2. The normalized spacial score (nSPS) is 15.9. The Kier molecular flexibility index (Phi) is 4.84. The van der Waals surface area contributed by atoms with E-state index in [0.29, 0.717) is 0 Å². The van der Waals surface area contributed by atoms with E-state index in [1.807, 2.05) is 25.1 Å². The molecule has 1 heterocycles. The van der Waals surface area contributed by atoms with E-state index in [9.17, 15) is 0 Å². The van der Waals surface area contributed by atoms with Crippen LogP contribution >= 0.6 is 0 Å². The van der Waals surface area contributed by atoms with Crippen molar-refractivity contribution >= 4 is 5.69 Å². The van der Waals surface area contributed by atoms with Crippen molar-refractivity contribution in [2.75, 3.05) is 38.8 Å². The van der Waals surface area contributed by atoms with Gasteiger partial charge in [-0.25, -0.2) is 0 Å². The highest BCUT2D eigenvalue weighted by molar-refractivity contribution is 5.55. The van der Waals surface area contributed by atoms with Crippen molar-refractivity contribution in [3.8, 4) is 5.75 Å². The van der Waals surface area contributed by atoms with Gasteiger partial charge in [0, 0.05) is 12.1 Å². The molecule has 1 aromatic carbocycles. The van der Waals surface area contributed by atoms with Crippen molar-refractivity contribution in [3.63, 3.8) is 0 Å². The van der Waals surface area contributed by atoms with E-state index in [1.165, 1.54) is 25.9 Å². The van der Waals surface area contributed by atoms with E-state index in [1.54, 1.807) is 7.11 Å². The van der Waals surface area contributed by atoms with E-state index < -0.39 is 0 Å². The number of rotatable bonds is 6. The molecule has 0 saturated carbocycles. The van der Waals surface area contributed by atoms with Gasteiger partial charge in [-0.1, -0.05) is 6.07 Å². The van der Waals surface area contributed by atoms with Crippen LogP contribution in [0, 0.1) is 6.92 Å². The molecule has 18 heavy (non-hydrogen) atoms. The van der Waals surface area contributed by atoms with Crippen LogP contribution in [0.4, 0.5) is 5.69 Å². The van der Waals surface area contributed by atoms with Crippen molar-refractivity contribution in [1.82, 2.24) is 4.90 Å². The van der Waals surface area contributed by atoms with E-state index in [-0.39, 0.29) is 0 Å². The molecule has 1 fully saturated rings. The predicted molar refractivity (Wildman–Crippen MR) is 73.0 cm³/mol. The van der Waals surface area contributed by atoms with E-state index in [4.69, 9.17) is 9.57 Å². The summed E-state index contributed by atoms with van der Waals surface area (Å²) < 4.78 is 5.85. The summed E-state index contributed by atoms with van der Waals surface area (Å²) in [6.07, 6.45) is 2.65. The Morgan fingerprint density at radius 1 is 1.28 bits per heavy atom. The minimum absolute atomic E-state index is 0.747. The largest absolute Gasteiger partial charge is 0.492 e. The van der Waals surface area contributed by atoms with Gasteiger partial charge in [0.25, 0.3) is 0 Å². The summed E-state index contributed by atoms with van der Waals surface area (Å²) in [7, 11) is 1.61. The highest BCUT2D eigenvalue weighted by atomic mass is 16.6. The van der Waals surface area contributed by atoms with E-state index >= 15 is 0 Å². The quantitative estimate of drug-likeness (QED) is 0.786. The third-order valence-corrected chi connectivity index (χ3v) is 3.36. The third kappa shape index (κ3) is 3.37. The minimum atomic E-state index is 0.747. The average molecular weight is 250 g/mol. The van der Waals surface area contributed by atoms with Gasteiger partial charge < -0.3 is 4.74 Å². The summed E-state index contributed by atoms with van der Waals surface area (Å²) in [4.78, 5) is 7.39. The fraction of sp³-hybridized carbons (Fsp3) is 0.571. The summed E-state index contributed by atoms with van der Waals surface area (Å²) >= 11 is 0. The van der Waals surface area contributed by atoms with Gasteiger partial charge in [-0.05, 0) is 45.0 Å². The molecule has 1 aliphatic heterocycles. The number of likely N-dealkylation sites (tertiary alicyclic amines) is 1. The van der Waals surface area contributed by atoms with Crippen LogP contribution in [0.25, 0.3) is 0 Å². The van der Waals surface area contributed by atoms with Crippen LogP contribution in [0.2, 0.25) is 0 Å². The van der Waals surface area contributed by atoms with Crippen LogP contribution in [-0.2, 0) is 4.84 Å². The molecule has 0 bridgehead atoms. The lowest BCUT2D eigenvalue weighted by molar-refractivity contribution is 0.236. The first-order valence-electron chi connectivity index (χ1n) is 6.55. The SMILES string of the molecule is CONc1cccc(OCCN2CCCC2)c1C. The fourth-order valence-corrected chi connectivity index (χ4v) is 2.28. The second-order valence-corrected chi connectivity index (χ2v) is 4.63. The predicted octanol–water partition coefficient (Wildman–Crippen LogP) is 2.44. The molecular weight excluding hydrogens is 228 g/mol. The second-order valence-electron chi connectivity index (χ2n) is 4.63. The number of hydrogen-bond acceptors (Lipinski definition) is 4. The van der Waals surface area contributed by atoms with Gasteiger partial charge in [-0.15, -0.1) is 0 Å². The molecule has 1 aromatic rings. The molecule has 0 aromatic heterocycles. The Hall–Kier alpha value is -1.26. The lowest BCUT2D eigenvalue weighted by Crippen LogP contribution is -2.25. The fourth-order valence-electron chi connectivity index (χ4n) is 2.28. The first-order valence-corrected chi connectivity index (χ1v) is 6.55. The number of ether oxygens (including phenoxy) is 1. The molecule has 1 aliphatic rings. The second kappa shape index (κ2) is 6.61. The molecular formula is C14H22N2O2. The average Bonchev–Trinajstić information content (AvgIpc) is 2.87. The van der Waals surface area contributed by atoms with Gasteiger partial charge >= 0.3 is 0 Å². The Morgan fingerprint density at radius 2 is 2.06 bits per heavy atom.